The van der Waals surface area contributed by atoms with Gasteiger partial charge >= 0.3 is 0 Å². The molecule has 2 aromatic rings. The summed E-state index contributed by atoms with van der Waals surface area (Å²) in [6.07, 6.45) is 2.09. The lowest BCUT2D eigenvalue weighted by atomic mass is 10.1. The number of carbonyl (C=O) groups excluding carboxylic acids is 1. The molecule has 0 spiro atoms. The minimum absolute atomic E-state index is 0.0289. The highest BCUT2D eigenvalue weighted by atomic mass is 32.1. The molecule has 1 atom stereocenters. The lowest BCUT2D eigenvalue weighted by Gasteiger charge is -2.21. The van der Waals surface area contributed by atoms with Crippen molar-refractivity contribution in [3.05, 3.63) is 17.6 Å². The van der Waals surface area contributed by atoms with Crippen molar-refractivity contribution >= 4 is 17.2 Å². The molecule has 0 aliphatic carbocycles. The van der Waals surface area contributed by atoms with Crippen LogP contribution in [0.2, 0.25) is 0 Å². The molecular weight excluding hydrogens is 254 g/mol. The Kier molecular flexibility index (Phi) is 3.03. The van der Waals surface area contributed by atoms with Crippen molar-refractivity contribution in [3.63, 3.8) is 0 Å². The number of hydrogen-bond acceptors (Lipinski definition) is 7. The number of carbonyl (C=O) groups is 1. The third-order valence-electron chi connectivity index (χ3n) is 2.63. The highest BCUT2D eigenvalue weighted by Crippen LogP contribution is 2.19. The van der Waals surface area contributed by atoms with Gasteiger partial charge in [-0.2, -0.15) is 4.98 Å². The van der Waals surface area contributed by atoms with Crippen molar-refractivity contribution in [2.45, 2.75) is 12.5 Å². The third kappa shape index (κ3) is 2.24. The van der Waals surface area contributed by atoms with E-state index in [9.17, 15) is 4.79 Å². The molecule has 1 amide bonds. The van der Waals surface area contributed by atoms with E-state index in [1.165, 1.54) is 11.3 Å². The van der Waals surface area contributed by atoms with Gasteiger partial charge in [0.2, 0.25) is 17.6 Å². The van der Waals surface area contributed by atoms with E-state index in [0.29, 0.717) is 24.7 Å². The second-order valence-electron chi connectivity index (χ2n) is 3.88. The van der Waals surface area contributed by atoms with Crippen LogP contribution in [0.3, 0.4) is 0 Å². The van der Waals surface area contributed by atoms with Crippen molar-refractivity contribution < 1.29 is 9.32 Å². The molecule has 0 bridgehead atoms. The lowest BCUT2D eigenvalue weighted by molar-refractivity contribution is -0.124. The van der Waals surface area contributed by atoms with Gasteiger partial charge in [0.25, 0.3) is 0 Å². The number of aromatic nitrogens is 3. The molecule has 94 valence electrons. The minimum atomic E-state index is -0.298. The summed E-state index contributed by atoms with van der Waals surface area (Å²) >= 11 is 1.44. The zero-order valence-corrected chi connectivity index (χ0v) is 10.2. The van der Waals surface area contributed by atoms with Gasteiger partial charge in [0.1, 0.15) is 0 Å². The first-order valence-corrected chi connectivity index (χ1v) is 6.43. The molecule has 2 aromatic heterocycles. The van der Waals surface area contributed by atoms with E-state index in [0.717, 1.165) is 11.4 Å². The second kappa shape index (κ2) is 4.83. The molecule has 1 aliphatic rings. The number of thiazole rings is 1. The molecule has 0 saturated carbocycles. The summed E-state index contributed by atoms with van der Waals surface area (Å²) < 4.78 is 5.14. The SMILES string of the molecule is O=C1NCCNC1Cc1nc(-c2cncs2)no1. The van der Waals surface area contributed by atoms with Crippen LogP contribution in [0, 0.1) is 0 Å². The molecular formula is C10H11N5O2S. The van der Waals surface area contributed by atoms with Gasteiger partial charge in [-0.05, 0) is 0 Å². The smallest absolute Gasteiger partial charge is 0.237 e. The molecule has 8 heteroatoms. The zero-order chi connectivity index (χ0) is 12.4. The molecule has 3 heterocycles. The molecule has 1 fully saturated rings. The summed E-state index contributed by atoms with van der Waals surface area (Å²) in [6, 6.07) is -0.298. The second-order valence-corrected chi connectivity index (χ2v) is 4.77. The first-order chi connectivity index (χ1) is 8.83. The minimum Gasteiger partial charge on any atom is -0.353 e. The standard InChI is InChI=1S/C10H11N5O2S/c16-10-6(12-1-2-13-10)3-8-14-9(15-17-8)7-4-11-5-18-7/h4-6,12H,1-3H2,(H,13,16). The fourth-order valence-electron chi connectivity index (χ4n) is 1.75. The quantitative estimate of drug-likeness (QED) is 0.800. The average molecular weight is 265 g/mol. The first kappa shape index (κ1) is 11.3. The molecule has 7 nitrogen and oxygen atoms in total. The predicted molar refractivity (Wildman–Crippen MR) is 63.9 cm³/mol. The zero-order valence-electron chi connectivity index (χ0n) is 9.42. The molecule has 18 heavy (non-hydrogen) atoms. The van der Waals surface area contributed by atoms with Crippen LogP contribution in [0.25, 0.3) is 10.7 Å². The Bertz CT molecular complexity index is 538. The Morgan fingerprint density at radius 2 is 2.44 bits per heavy atom. The van der Waals surface area contributed by atoms with E-state index in [2.05, 4.69) is 25.8 Å². The van der Waals surface area contributed by atoms with Crippen LogP contribution < -0.4 is 10.6 Å². The van der Waals surface area contributed by atoms with Gasteiger partial charge in [-0.3, -0.25) is 9.78 Å². The fraction of sp³-hybridized carbons (Fsp3) is 0.400. The van der Waals surface area contributed by atoms with E-state index in [-0.39, 0.29) is 11.9 Å². The fourth-order valence-corrected chi connectivity index (χ4v) is 2.30. The Labute approximate surface area is 107 Å². The molecule has 3 rings (SSSR count). The van der Waals surface area contributed by atoms with Crippen molar-refractivity contribution in [1.82, 2.24) is 25.8 Å². The highest BCUT2D eigenvalue weighted by Gasteiger charge is 2.24. The van der Waals surface area contributed by atoms with Gasteiger partial charge in [0.15, 0.2) is 0 Å². The number of amides is 1. The number of nitrogens with zero attached hydrogens (tertiary/aromatic N) is 3. The van der Waals surface area contributed by atoms with Crippen molar-refractivity contribution in [2.24, 2.45) is 0 Å². The van der Waals surface area contributed by atoms with Crippen LogP contribution in [0.1, 0.15) is 5.89 Å². The van der Waals surface area contributed by atoms with E-state index in [1.807, 2.05) is 0 Å². The predicted octanol–water partition coefficient (Wildman–Crippen LogP) is -0.176. The number of rotatable bonds is 3. The van der Waals surface area contributed by atoms with Gasteiger partial charge in [0, 0.05) is 19.3 Å². The average Bonchev–Trinajstić information content (AvgIpc) is 3.02. The van der Waals surface area contributed by atoms with Crippen LogP contribution >= 0.6 is 11.3 Å². The number of piperazine rings is 1. The largest absolute Gasteiger partial charge is 0.353 e. The third-order valence-corrected chi connectivity index (χ3v) is 3.40. The number of nitrogens with one attached hydrogen (secondary N) is 2. The summed E-state index contributed by atoms with van der Waals surface area (Å²) in [6.45, 7) is 1.41. The Balaban J connectivity index is 1.72. The molecule has 1 aliphatic heterocycles. The van der Waals surface area contributed by atoms with Gasteiger partial charge in [-0.15, -0.1) is 11.3 Å². The molecule has 0 aromatic carbocycles. The maximum Gasteiger partial charge on any atom is 0.237 e. The Morgan fingerprint density at radius 3 is 3.22 bits per heavy atom. The Morgan fingerprint density at radius 1 is 1.50 bits per heavy atom. The monoisotopic (exact) mass is 265 g/mol. The number of hydrogen-bond donors (Lipinski definition) is 2. The van der Waals surface area contributed by atoms with Gasteiger partial charge in [-0.25, -0.2) is 0 Å². The molecule has 1 saturated heterocycles. The topological polar surface area (TPSA) is 92.9 Å². The van der Waals surface area contributed by atoms with E-state index in [4.69, 9.17) is 4.52 Å². The van der Waals surface area contributed by atoms with E-state index < -0.39 is 0 Å². The lowest BCUT2D eigenvalue weighted by Crippen LogP contribution is -2.53. The van der Waals surface area contributed by atoms with Crippen molar-refractivity contribution in [3.8, 4) is 10.7 Å². The highest BCUT2D eigenvalue weighted by molar-refractivity contribution is 7.13. The van der Waals surface area contributed by atoms with Crippen LogP contribution in [-0.2, 0) is 11.2 Å². The van der Waals surface area contributed by atoms with Gasteiger partial charge in [0.05, 0.1) is 22.9 Å². The van der Waals surface area contributed by atoms with Crippen LogP contribution in [0.15, 0.2) is 16.2 Å². The van der Waals surface area contributed by atoms with Gasteiger partial charge < -0.3 is 15.2 Å². The normalized spacial score (nSPS) is 19.8. The van der Waals surface area contributed by atoms with Gasteiger partial charge in [-0.1, -0.05) is 5.16 Å². The summed E-state index contributed by atoms with van der Waals surface area (Å²) in [5.41, 5.74) is 1.71. The molecule has 1 unspecified atom stereocenters. The van der Waals surface area contributed by atoms with Crippen molar-refractivity contribution in [2.75, 3.05) is 13.1 Å². The van der Waals surface area contributed by atoms with Crippen LogP contribution in [-0.4, -0.2) is 40.2 Å². The molecule has 2 N–H and O–H groups in total. The summed E-state index contributed by atoms with van der Waals surface area (Å²) in [5.74, 6) is 0.940. The Hall–Kier alpha value is -1.80. The van der Waals surface area contributed by atoms with Crippen LogP contribution in [0.5, 0.6) is 0 Å². The van der Waals surface area contributed by atoms with E-state index >= 15 is 0 Å². The maximum absolute atomic E-state index is 11.6. The van der Waals surface area contributed by atoms with Crippen molar-refractivity contribution in [1.29, 1.82) is 0 Å². The maximum atomic E-state index is 11.6. The first-order valence-electron chi connectivity index (χ1n) is 5.55. The summed E-state index contributed by atoms with van der Waals surface area (Å²) in [4.78, 5) is 20.6. The molecule has 0 radical (unpaired) electrons. The summed E-state index contributed by atoms with van der Waals surface area (Å²) in [7, 11) is 0. The van der Waals surface area contributed by atoms with Crippen LogP contribution in [0.4, 0.5) is 0 Å². The summed E-state index contributed by atoms with van der Waals surface area (Å²) in [5, 5.41) is 9.77. The van der Waals surface area contributed by atoms with E-state index in [1.54, 1.807) is 11.7 Å².